The summed E-state index contributed by atoms with van der Waals surface area (Å²) < 4.78 is 26.1. The molecule has 1 aliphatic heterocycles. The Hall–Kier alpha value is -0.620. The molecule has 1 aromatic rings. The zero-order valence-electron chi connectivity index (χ0n) is 10.1. The lowest BCUT2D eigenvalue weighted by molar-refractivity contribution is 0.0126. The van der Waals surface area contributed by atoms with Crippen LogP contribution in [0.5, 0.6) is 0 Å². The maximum Gasteiger partial charge on any atom is 0.243 e. The molecule has 1 fully saturated rings. The van der Waals surface area contributed by atoms with Gasteiger partial charge < -0.3 is 5.11 Å². The van der Waals surface area contributed by atoms with Gasteiger partial charge >= 0.3 is 0 Å². The van der Waals surface area contributed by atoms with E-state index in [0.29, 0.717) is 31.0 Å². The third-order valence-corrected chi connectivity index (χ3v) is 5.36. The van der Waals surface area contributed by atoms with Gasteiger partial charge in [-0.3, -0.25) is 0 Å². The van der Waals surface area contributed by atoms with Crippen LogP contribution in [0.2, 0.25) is 5.02 Å². The van der Waals surface area contributed by atoms with E-state index in [4.69, 9.17) is 11.6 Å². The molecule has 1 saturated heterocycles. The molecule has 0 radical (unpaired) electrons. The lowest BCUT2D eigenvalue weighted by Crippen LogP contribution is -2.45. The standard InChI is InChI=1S/C12H16ClNO3S/c1-12(15)5-7-14(8-6-12)18(16,17)11-4-2-3-10(13)9-11/h2-4,9,15H,5-8H2,1H3. The first kappa shape index (κ1) is 13.8. The molecule has 4 nitrogen and oxygen atoms in total. The molecule has 0 amide bonds. The molecule has 0 spiro atoms. The molecule has 0 aliphatic carbocycles. The molecule has 0 aromatic heterocycles. The Balaban J connectivity index is 2.23. The van der Waals surface area contributed by atoms with Crippen molar-refractivity contribution in [3.05, 3.63) is 29.3 Å². The van der Waals surface area contributed by atoms with Gasteiger partial charge in [0.25, 0.3) is 0 Å². The number of sulfonamides is 1. The van der Waals surface area contributed by atoms with Gasteiger partial charge in [-0.05, 0) is 38.0 Å². The van der Waals surface area contributed by atoms with E-state index in [1.165, 1.54) is 16.4 Å². The summed E-state index contributed by atoms with van der Waals surface area (Å²) in [7, 11) is -3.50. The molecule has 1 aliphatic rings. The Bertz CT molecular complexity index is 532. The van der Waals surface area contributed by atoms with Gasteiger partial charge in [-0.1, -0.05) is 17.7 Å². The first-order chi connectivity index (χ1) is 8.31. The summed E-state index contributed by atoms with van der Waals surface area (Å²) in [5.74, 6) is 0. The van der Waals surface area contributed by atoms with E-state index in [1.807, 2.05) is 0 Å². The van der Waals surface area contributed by atoms with Crippen LogP contribution in [-0.4, -0.2) is 36.5 Å². The van der Waals surface area contributed by atoms with Crippen molar-refractivity contribution in [3.8, 4) is 0 Å². The lowest BCUT2D eigenvalue weighted by atomic mass is 9.95. The highest BCUT2D eigenvalue weighted by molar-refractivity contribution is 7.89. The smallest absolute Gasteiger partial charge is 0.243 e. The Morgan fingerprint density at radius 3 is 2.50 bits per heavy atom. The van der Waals surface area contributed by atoms with E-state index < -0.39 is 15.6 Å². The molecular weight excluding hydrogens is 274 g/mol. The van der Waals surface area contributed by atoms with Crippen molar-refractivity contribution in [2.45, 2.75) is 30.3 Å². The van der Waals surface area contributed by atoms with Crippen LogP contribution in [0.4, 0.5) is 0 Å². The Kier molecular flexibility index (Phi) is 3.69. The van der Waals surface area contributed by atoms with Crippen molar-refractivity contribution in [2.24, 2.45) is 0 Å². The van der Waals surface area contributed by atoms with Gasteiger partial charge in [0.2, 0.25) is 10.0 Å². The van der Waals surface area contributed by atoms with Crippen molar-refractivity contribution in [3.63, 3.8) is 0 Å². The van der Waals surface area contributed by atoms with Gasteiger partial charge in [-0.25, -0.2) is 8.42 Å². The number of piperidine rings is 1. The molecule has 100 valence electrons. The largest absolute Gasteiger partial charge is 0.390 e. The van der Waals surface area contributed by atoms with Gasteiger partial charge in [0.05, 0.1) is 10.5 Å². The second-order valence-corrected chi connectivity index (χ2v) is 7.23. The molecule has 1 aromatic carbocycles. The van der Waals surface area contributed by atoms with E-state index in [2.05, 4.69) is 0 Å². The third-order valence-electron chi connectivity index (χ3n) is 3.23. The van der Waals surface area contributed by atoms with Gasteiger partial charge in [-0.2, -0.15) is 4.31 Å². The van der Waals surface area contributed by atoms with E-state index in [0.717, 1.165) is 0 Å². The molecule has 0 unspecified atom stereocenters. The fraction of sp³-hybridized carbons (Fsp3) is 0.500. The molecule has 2 rings (SSSR count). The maximum absolute atomic E-state index is 12.3. The Labute approximate surface area is 112 Å². The fourth-order valence-corrected chi connectivity index (χ4v) is 3.73. The average molecular weight is 290 g/mol. The van der Waals surface area contributed by atoms with Crippen molar-refractivity contribution in [1.82, 2.24) is 4.31 Å². The summed E-state index contributed by atoms with van der Waals surface area (Å²) in [6.45, 7) is 2.40. The van der Waals surface area contributed by atoms with E-state index in [-0.39, 0.29) is 4.90 Å². The van der Waals surface area contributed by atoms with Gasteiger partial charge in [0.1, 0.15) is 0 Å². The monoisotopic (exact) mass is 289 g/mol. The summed E-state index contributed by atoms with van der Waals surface area (Å²) in [5.41, 5.74) is -0.764. The maximum atomic E-state index is 12.3. The number of benzene rings is 1. The molecule has 6 heteroatoms. The van der Waals surface area contributed by atoms with Gasteiger partial charge in [-0.15, -0.1) is 0 Å². The van der Waals surface area contributed by atoms with Crippen LogP contribution >= 0.6 is 11.6 Å². The molecular formula is C12H16ClNO3S. The SMILES string of the molecule is CC1(O)CCN(S(=O)(=O)c2cccc(Cl)c2)CC1. The summed E-state index contributed by atoms with van der Waals surface area (Å²) in [6.07, 6.45) is 0.902. The van der Waals surface area contributed by atoms with Crippen LogP contribution in [-0.2, 0) is 10.0 Å². The van der Waals surface area contributed by atoms with E-state index >= 15 is 0 Å². The molecule has 18 heavy (non-hydrogen) atoms. The summed E-state index contributed by atoms with van der Waals surface area (Å²) in [6, 6.07) is 6.24. The topological polar surface area (TPSA) is 57.6 Å². The summed E-state index contributed by atoms with van der Waals surface area (Å²) >= 11 is 5.81. The second kappa shape index (κ2) is 4.81. The number of nitrogens with zero attached hydrogens (tertiary/aromatic N) is 1. The quantitative estimate of drug-likeness (QED) is 0.904. The Morgan fingerprint density at radius 1 is 1.33 bits per heavy atom. The number of aliphatic hydroxyl groups is 1. The zero-order valence-corrected chi connectivity index (χ0v) is 11.7. The molecule has 0 saturated carbocycles. The number of hydrogen-bond donors (Lipinski definition) is 1. The fourth-order valence-electron chi connectivity index (χ4n) is 1.98. The lowest BCUT2D eigenvalue weighted by Gasteiger charge is -2.34. The predicted molar refractivity (Wildman–Crippen MR) is 70.1 cm³/mol. The van der Waals surface area contributed by atoms with Crippen molar-refractivity contribution in [2.75, 3.05) is 13.1 Å². The van der Waals surface area contributed by atoms with Crippen molar-refractivity contribution < 1.29 is 13.5 Å². The van der Waals surface area contributed by atoms with Crippen LogP contribution in [0.15, 0.2) is 29.2 Å². The van der Waals surface area contributed by atoms with Crippen molar-refractivity contribution >= 4 is 21.6 Å². The van der Waals surface area contributed by atoms with Crippen LogP contribution < -0.4 is 0 Å². The Morgan fingerprint density at radius 2 is 1.94 bits per heavy atom. The minimum Gasteiger partial charge on any atom is -0.390 e. The van der Waals surface area contributed by atoms with Crippen LogP contribution in [0, 0.1) is 0 Å². The highest BCUT2D eigenvalue weighted by Crippen LogP contribution is 2.27. The van der Waals surface area contributed by atoms with Gasteiger partial charge in [0, 0.05) is 18.1 Å². The average Bonchev–Trinajstić information content (AvgIpc) is 2.28. The van der Waals surface area contributed by atoms with E-state index in [1.54, 1.807) is 19.1 Å². The highest BCUT2D eigenvalue weighted by Gasteiger charge is 2.33. The predicted octanol–water partition coefficient (Wildman–Crippen LogP) is 1.88. The van der Waals surface area contributed by atoms with Crippen LogP contribution in [0.25, 0.3) is 0 Å². The minimum atomic E-state index is -3.50. The number of rotatable bonds is 2. The van der Waals surface area contributed by atoms with Gasteiger partial charge in [0.15, 0.2) is 0 Å². The van der Waals surface area contributed by atoms with Crippen LogP contribution in [0.1, 0.15) is 19.8 Å². The highest BCUT2D eigenvalue weighted by atomic mass is 35.5. The number of halogens is 1. The zero-order chi connectivity index (χ0) is 13.4. The molecule has 0 bridgehead atoms. The third kappa shape index (κ3) is 2.85. The molecule has 1 heterocycles. The molecule has 1 N–H and O–H groups in total. The van der Waals surface area contributed by atoms with E-state index in [9.17, 15) is 13.5 Å². The second-order valence-electron chi connectivity index (χ2n) is 4.86. The minimum absolute atomic E-state index is 0.205. The summed E-state index contributed by atoms with van der Waals surface area (Å²) in [5, 5.41) is 10.2. The first-order valence-electron chi connectivity index (χ1n) is 5.79. The molecule has 0 atom stereocenters. The number of hydrogen-bond acceptors (Lipinski definition) is 3. The first-order valence-corrected chi connectivity index (χ1v) is 7.61. The van der Waals surface area contributed by atoms with Crippen molar-refractivity contribution in [1.29, 1.82) is 0 Å². The van der Waals surface area contributed by atoms with Crippen LogP contribution in [0.3, 0.4) is 0 Å². The summed E-state index contributed by atoms with van der Waals surface area (Å²) in [4.78, 5) is 0.205. The normalized spacial score (nSPS) is 20.8.